The molecule has 3 nitrogen and oxygen atoms in total. The Morgan fingerprint density at radius 2 is 1.75 bits per heavy atom. The van der Waals surface area contributed by atoms with E-state index < -0.39 is 5.91 Å². The summed E-state index contributed by atoms with van der Waals surface area (Å²) in [4.78, 5) is 14.7. The third kappa shape index (κ3) is 1.97. The summed E-state index contributed by atoms with van der Waals surface area (Å²) in [5.41, 5.74) is 11.5. The van der Waals surface area contributed by atoms with Crippen LogP contribution in [0.25, 0.3) is 22.2 Å². The lowest BCUT2D eigenvalue weighted by molar-refractivity contribution is 0.100. The number of hydrogen-bond donors (Lipinski definition) is 2. The highest BCUT2D eigenvalue weighted by atomic mass is 16.1. The van der Waals surface area contributed by atoms with Crippen molar-refractivity contribution in [2.45, 2.75) is 13.8 Å². The summed E-state index contributed by atoms with van der Waals surface area (Å²) < 4.78 is 0. The number of aromatic amines is 1. The standard InChI is InChI=1S/C17H16N2O/c1-10-3-5-12(6-4-10)16-11(2)14-9-13(17(18)20)7-8-15(14)19-16/h3-9,19H,1-2H3,(H2,18,20). The summed E-state index contributed by atoms with van der Waals surface area (Å²) in [7, 11) is 0. The number of hydrogen-bond acceptors (Lipinski definition) is 1. The topological polar surface area (TPSA) is 58.9 Å². The van der Waals surface area contributed by atoms with E-state index in [1.54, 1.807) is 6.07 Å². The smallest absolute Gasteiger partial charge is 0.248 e. The minimum atomic E-state index is -0.399. The molecule has 3 rings (SSSR count). The molecule has 0 aliphatic heterocycles. The zero-order chi connectivity index (χ0) is 14.3. The molecule has 2 aromatic carbocycles. The third-order valence-corrected chi connectivity index (χ3v) is 3.68. The van der Waals surface area contributed by atoms with Crippen molar-refractivity contribution < 1.29 is 4.79 Å². The van der Waals surface area contributed by atoms with Crippen LogP contribution in [0.4, 0.5) is 0 Å². The molecule has 1 aromatic heterocycles. The van der Waals surface area contributed by atoms with Crippen LogP contribution in [-0.4, -0.2) is 10.9 Å². The molecular weight excluding hydrogens is 248 g/mol. The lowest BCUT2D eigenvalue weighted by Crippen LogP contribution is -2.10. The van der Waals surface area contributed by atoms with E-state index in [2.05, 4.69) is 43.1 Å². The molecule has 0 saturated heterocycles. The van der Waals surface area contributed by atoms with Crippen LogP contribution in [0.3, 0.4) is 0 Å². The number of aromatic nitrogens is 1. The number of carbonyl (C=O) groups is 1. The van der Waals surface area contributed by atoms with Crippen LogP contribution in [0, 0.1) is 13.8 Å². The molecule has 0 radical (unpaired) electrons. The van der Waals surface area contributed by atoms with Crippen LogP contribution in [0.2, 0.25) is 0 Å². The number of benzene rings is 2. The molecule has 0 unspecified atom stereocenters. The lowest BCUT2D eigenvalue weighted by atomic mass is 10.0. The van der Waals surface area contributed by atoms with E-state index in [-0.39, 0.29) is 0 Å². The summed E-state index contributed by atoms with van der Waals surface area (Å²) in [6.45, 7) is 4.12. The molecule has 1 amide bonds. The summed E-state index contributed by atoms with van der Waals surface area (Å²) in [5.74, 6) is -0.399. The van der Waals surface area contributed by atoms with Crippen LogP contribution < -0.4 is 5.73 Å². The quantitative estimate of drug-likeness (QED) is 0.730. The second-order valence-electron chi connectivity index (χ2n) is 5.12. The zero-order valence-corrected chi connectivity index (χ0v) is 11.5. The Morgan fingerprint density at radius 3 is 2.40 bits per heavy atom. The Hall–Kier alpha value is -2.55. The van der Waals surface area contributed by atoms with Crippen molar-refractivity contribution in [3.8, 4) is 11.3 Å². The van der Waals surface area contributed by atoms with E-state index in [1.807, 2.05) is 12.1 Å². The van der Waals surface area contributed by atoms with Gasteiger partial charge in [0.05, 0.1) is 0 Å². The molecule has 0 aliphatic carbocycles. The fourth-order valence-corrected chi connectivity index (χ4v) is 2.49. The molecule has 0 fully saturated rings. The highest BCUT2D eigenvalue weighted by molar-refractivity contribution is 5.99. The number of nitrogens with one attached hydrogen (secondary N) is 1. The molecule has 3 heteroatoms. The van der Waals surface area contributed by atoms with E-state index in [9.17, 15) is 4.79 Å². The van der Waals surface area contributed by atoms with Crippen LogP contribution in [0.5, 0.6) is 0 Å². The Morgan fingerprint density at radius 1 is 1.05 bits per heavy atom. The van der Waals surface area contributed by atoms with Gasteiger partial charge in [0.1, 0.15) is 0 Å². The third-order valence-electron chi connectivity index (χ3n) is 3.68. The van der Waals surface area contributed by atoms with E-state index in [0.717, 1.165) is 27.7 Å². The second-order valence-corrected chi connectivity index (χ2v) is 5.12. The molecule has 0 spiro atoms. The van der Waals surface area contributed by atoms with Crippen molar-refractivity contribution in [1.29, 1.82) is 0 Å². The number of nitrogens with two attached hydrogens (primary N) is 1. The molecule has 0 aliphatic rings. The van der Waals surface area contributed by atoms with Crippen LogP contribution in [0.1, 0.15) is 21.5 Å². The van der Waals surface area contributed by atoms with Crippen molar-refractivity contribution in [2.75, 3.05) is 0 Å². The maximum atomic E-state index is 11.3. The molecule has 0 bridgehead atoms. The van der Waals surface area contributed by atoms with Gasteiger partial charge in [0, 0.05) is 22.2 Å². The molecule has 1 heterocycles. The van der Waals surface area contributed by atoms with E-state index in [4.69, 9.17) is 5.73 Å². The van der Waals surface area contributed by atoms with Gasteiger partial charge in [0.2, 0.25) is 5.91 Å². The molecule has 20 heavy (non-hydrogen) atoms. The van der Waals surface area contributed by atoms with Crippen molar-refractivity contribution in [1.82, 2.24) is 4.98 Å². The maximum Gasteiger partial charge on any atom is 0.248 e. The molecule has 3 N–H and O–H groups in total. The van der Waals surface area contributed by atoms with Gasteiger partial charge >= 0.3 is 0 Å². The van der Waals surface area contributed by atoms with Crippen LogP contribution in [-0.2, 0) is 0 Å². The van der Waals surface area contributed by atoms with Crippen molar-refractivity contribution in [2.24, 2.45) is 5.73 Å². The second kappa shape index (κ2) is 4.53. The minimum Gasteiger partial charge on any atom is -0.366 e. The Labute approximate surface area is 117 Å². The van der Waals surface area contributed by atoms with E-state index >= 15 is 0 Å². The number of aryl methyl sites for hydroxylation is 2. The highest BCUT2D eigenvalue weighted by Crippen LogP contribution is 2.30. The first-order valence-electron chi connectivity index (χ1n) is 6.55. The van der Waals surface area contributed by atoms with Gasteiger partial charge < -0.3 is 10.7 Å². The number of primary amides is 1. The monoisotopic (exact) mass is 264 g/mol. The molecule has 100 valence electrons. The predicted octanol–water partition coefficient (Wildman–Crippen LogP) is 3.55. The molecule has 3 aromatic rings. The van der Waals surface area contributed by atoms with E-state index in [1.165, 1.54) is 5.56 Å². The summed E-state index contributed by atoms with van der Waals surface area (Å²) in [6, 6.07) is 13.9. The van der Waals surface area contributed by atoms with Gasteiger partial charge in [-0.2, -0.15) is 0 Å². The SMILES string of the molecule is Cc1ccc(-c2[nH]c3ccc(C(N)=O)cc3c2C)cc1. The fourth-order valence-electron chi connectivity index (χ4n) is 2.49. The summed E-state index contributed by atoms with van der Waals surface area (Å²) in [6.07, 6.45) is 0. The van der Waals surface area contributed by atoms with Crippen LogP contribution >= 0.6 is 0 Å². The van der Waals surface area contributed by atoms with Gasteiger partial charge in [-0.15, -0.1) is 0 Å². The van der Waals surface area contributed by atoms with Crippen molar-refractivity contribution >= 4 is 16.8 Å². The average Bonchev–Trinajstić information content (AvgIpc) is 2.76. The number of H-pyrrole nitrogens is 1. The Balaban J connectivity index is 2.20. The molecule has 0 atom stereocenters. The summed E-state index contributed by atoms with van der Waals surface area (Å²) >= 11 is 0. The van der Waals surface area contributed by atoms with Gasteiger partial charge in [-0.25, -0.2) is 0 Å². The number of fused-ring (bicyclic) bond motifs is 1. The normalized spacial score (nSPS) is 10.9. The Bertz CT molecular complexity index is 798. The van der Waals surface area contributed by atoms with Crippen molar-refractivity contribution in [3.05, 3.63) is 59.2 Å². The van der Waals surface area contributed by atoms with Gasteiger partial charge in [-0.05, 0) is 43.2 Å². The van der Waals surface area contributed by atoms with Gasteiger partial charge in [0.25, 0.3) is 0 Å². The average molecular weight is 264 g/mol. The molecule has 0 saturated carbocycles. The fraction of sp³-hybridized carbons (Fsp3) is 0.118. The number of carbonyl (C=O) groups excluding carboxylic acids is 1. The predicted molar refractivity (Wildman–Crippen MR) is 81.7 cm³/mol. The largest absolute Gasteiger partial charge is 0.366 e. The maximum absolute atomic E-state index is 11.3. The lowest BCUT2D eigenvalue weighted by Gasteiger charge is -2.01. The minimum absolute atomic E-state index is 0.399. The first-order chi connectivity index (χ1) is 9.56. The first-order valence-corrected chi connectivity index (χ1v) is 6.55. The van der Waals surface area contributed by atoms with Gasteiger partial charge in [-0.1, -0.05) is 29.8 Å². The number of amides is 1. The first kappa shape index (κ1) is 12.5. The molecular formula is C17H16N2O. The number of rotatable bonds is 2. The van der Waals surface area contributed by atoms with Gasteiger partial charge in [0.15, 0.2) is 0 Å². The van der Waals surface area contributed by atoms with E-state index in [0.29, 0.717) is 5.56 Å². The Kier molecular flexibility index (Phi) is 2.83. The summed E-state index contributed by atoms with van der Waals surface area (Å²) in [5, 5.41) is 1.04. The highest BCUT2D eigenvalue weighted by Gasteiger charge is 2.11. The zero-order valence-electron chi connectivity index (χ0n) is 11.5. The van der Waals surface area contributed by atoms with Crippen molar-refractivity contribution in [3.63, 3.8) is 0 Å². The van der Waals surface area contributed by atoms with Crippen LogP contribution in [0.15, 0.2) is 42.5 Å². The van der Waals surface area contributed by atoms with Gasteiger partial charge in [-0.3, -0.25) is 4.79 Å².